The number of rotatable bonds is 4. The summed E-state index contributed by atoms with van der Waals surface area (Å²) in [5.41, 5.74) is 0.610. The fraction of sp³-hybridized carbons (Fsp3) is 1.00. The van der Waals surface area contributed by atoms with Crippen LogP contribution in [0, 0.1) is 11.3 Å². The lowest BCUT2D eigenvalue weighted by Gasteiger charge is -2.33. The third kappa shape index (κ3) is 2.73. The molecule has 1 saturated carbocycles. The molecular formula is C13H26N2. The molecule has 0 radical (unpaired) electrons. The van der Waals surface area contributed by atoms with Gasteiger partial charge in [-0.05, 0) is 44.2 Å². The fourth-order valence-corrected chi connectivity index (χ4v) is 3.54. The SMILES string of the molecule is CNCC1(CN2CCC(C)C2)CCCC1. The molecule has 88 valence electrons. The summed E-state index contributed by atoms with van der Waals surface area (Å²) in [5, 5.41) is 3.41. The van der Waals surface area contributed by atoms with Crippen molar-refractivity contribution in [3.05, 3.63) is 0 Å². The van der Waals surface area contributed by atoms with E-state index in [1.807, 2.05) is 0 Å². The molecule has 0 aromatic rings. The van der Waals surface area contributed by atoms with Crippen molar-refractivity contribution >= 4 is 0 Å². The van der Waals surface area contributed by atoms with E-state index in [2.05, 4.69) is 24.2 Å². The second-order valence-corrected chi connectivity index (χ2v) is 5.87. The zero-order valence-electron chi connectivity index (χ0n) is 10.4. The smallest absolute Gasteiger partial charge is 0.00503 e. The van der Waals surface area contributed by atoms with Gasteiger partial charge < -0.3 is 10.2 Å². The molecule has 1 unspecified atom stereocenters. The lowest BCUT2D eigenvalue weighted by Crippen LogP contribution is -2.41. The van der Waals surface area contributed by atoms with Crippen molar-refractivity contribution in [2.75, 3.05) is 33.2 Å². The third-order valence-electron chi connectivity index (χ3n) is 4.28. The zero-order chi connectivity index (χ0) is 10.7. The minimum atomic E-state index is 0.610. The van der Waals surface area contributed by atoms with E-state index in [-0.39, 0.29) is 0 Å². The molecular weight excluding hydrogens is 184 g/mol. The molecule has 0 aromatic carbocycles. The summed E-state index contributed by atoms with van der Waals surface area (Å²) in [6.07, 6.45) is 7.20. The minimum absolute atomic E-state index is 0.610. The van der Waals surface area contributed by atoms with Gasteiger partial charge in [0.05, 0.1) is 0 Å². The predicted octanol–water partition coefficient (Wildman–Crippen LogP) is 2.11. The molecule has 1 saturated heterocycles. The van der Waals surface area contributed by atoms with Crippen LogP contribution in [0.5, 0.6) is 0 Å². The molecule has 1 N–H and O–H groups in total. The number of likely N-dealkylation sites (tertiary alicyclic amines) is 1. The van der Waals surface area contributed by atoms with Crippen LogP contribution in [-0.4, -0.2) is 38.1 Å². The molecule has 1 atom stereocenters. The quantitative estimate of drug-likeness (QED) is 0.764. The van der Waals surface area contributed by atoms with Gasteiger partial charge in [0.1, 0.15) is 0 Å². The third-order valence-corrected chi connectivity index (χ3v) is 4.28. The van der Waals surface area contributed by atoms with E-state index in [4.69, 9.17) is 0 Å². The summed E-state index contributed by atoms with van der Waals surface area (Å²) in [6.45, 7) is 7.63. The second-order valence-electron chi connectivity index (χ2n) is 5.87. The van der Waals surface area contributed by atoms with Gasteiger partial charge in [0.2, 0.25) is 0 Å². The van der Waals surface area contributed by atoms with E-state index in [1.54, 1.807) is 0 Å². The van der Waals surface area contributed by atoms with E-state index in [9.17, 15) is 0 Å². The normalized spacial score (nSPS) is 31.2. The van der Waals surface area contributed by atoms with Crippen LogP contribution in [0.2, 0.25) is 0 Å². The first-order valence-electron chi connectivity index (χ1n) is 6.61. The average Bonchev–Trinajstić information content (AvgIpc) is 2.78. The van der Waals surface area contributed by atoms with Crippen molar-refractivity contribution in [3.63, 3.8) is 0 Å². The van der Waals surface area contributed by atoms with Gasteiger partial charge in [-0.3, -0.25) is 0 Å². The standard InChI is InChI=1S/C13H26N2/c1-12-5-8-15(9-12)11-13(10-14-2)6-3-4-7-13/h12,14H,3-11H2,1-2H3. The summed E-state index contributed by atoms with van der Waals surface area (Å²) < 4.78 is 0. The van der Waals surface area contributed by atoms with Crippen LogP contribution < -0.4 is 5.32 Å². The lowest BCUT2D eigenvalue weighted by atomic mass is 9.85. The molecule has 2 fully saturated rings. The highest BCUT2D eigenvalue weighted by Gasteiger charge is 2.36. The van der Waals surface area contributed by atoms with Crippen LogP contribution in [0.3, 0.4) is 0 Å². The summed E-state index contributed by atoms with van der Waals surface area (Å²) in [5.74, 6) is 0.929. The number of nitrogens with one attached hydrogen (secondary N) is 1. The Morgan fingerprint density at radius 2 is 2.07 bits per heavy atom. The first-order chi connectivity index (χ1) is 7.24. The fourth-order valence-electron chi connectivity index (χ4n) is 3.54. The Kier molecular flexibility index (Phi) is 3.68. The number of hydrogen-bond donors (Lipinski definition) is 1. The largest absolute Gasteiger partial charge is 0.319 e. The Bertz CT molecular complexity index is 197. The Hall–Kier alpha value is -0.0800. The highest BCUT2D eigenvalue weighted by Crippen LogP contribution is 2.39. The lowest BCUT2D eigenvalue weighted by molar-refractivity contribution is 0.172. The van der Waals surface area contributed by atoms with E-state index in [0.29, 0.717) is 5.41 Å². The van der Waals surface area contributed by atoms with Crippen LogP contribution in [0.1, 0.15) is 39.0 Å². The van der Waals surface area contributed by atoms with Gasteiger partial charge in [0, 0.05) is 19.6 Å². The van der Waals surface area contributed by atoms with Gasteiger partial charge in [-0.1, -0.05) is 19.8 Å². The van der Waals surface area contributed by atoms with Crippen LogP contribution >= 0.6 is 0 Å². The summed E-state index contributed by atoms with van der Waals surface area (Å²) in [4.78, 5) is 2.70. The molecule has 2 nitrogen and oxygen atoms in total. The Morgan fingerprint density at radius 3 is 2.60 bits per heavy atom. The average molecular weight is 210 g/mol. The number of nitrogens with zero attached hydrogens (tertiary/aromatic N) is 1. The minimum Gasteiger partial charge on any atom is -0.319 e. The maximum atomic E-state index is 3.41. The molecule has 1 aliphatic carbocycles. The molecule has 0 spiro atoms. The highest BCUT2D eigenvalue weighted by molar-refractivity contribution is 4.90. The summed E-state index contributed by atoms with van der Waals surface area (Å²) >= 11 is 0. The van der Waals surface area contributed by atoms with Gasteiger partial charge in [-0.2, -0.15) is 0 Å². The summed E-state index contributed by atoms with van der Waals surface area (Å²) in [6, 6.07) is 0. The predicted molar refractivity (Wildman–Crippen MR) is 65.0 cm³/mol. The Balaban J connectivity index is 1.89. The molecule has 0 aromatic heterocycles. The van der Waals surface area contributed by atoms with Gasteiger partial charge >= 0.3 is 0 Å². The van der Waals surface area contributed by atoms with Crippen molar-refractivity contribution in [1.82, 2.24) is 10.2 Å². The Labute approximate surface area is 94.4 Å². The summed E-state index contributed by atoms with van der Waals surface area (Å²) in [7, 11) is 2.10. The maximum absolute atomic E-state index is 3.41. The topological polar surface area (TPSA) is 15.3 Å². The van der Waals surface area contributed by atoms with Crippen molar-refractivity contribution in [3.8, 4) is 0 Å². The van der Waals surface area contributed by atoms with E-state index >= 15 is 0 Å². The van der Waals surface area contributed by atoms with Crippen LogP contribution in [-0.2, 0) is 0 Å². The van der Waals surface area contributed by atoms with Crippen molar-refractivity contribution in [2.24, 2.45) is 11.3 Å². The molecule has 0 bridgehead atoms. The second kappa shape index (κ2) is 4.84. The first kappa shape index (κ1) is 11.4. The van der Waals surface area contributed by atoms with Gasteiger partial charge in [0.25, 0.3) is 0 Å². The van der Waals surface area contributed by atoms with Gasteiger partial charge in [-0.25, -0.2) is 0 Å². The van der Waals surface area contributed by atoms with Gasteiger partial charge in [0.15, 0.2) is 0 Å². The molecule has 15 heavy (non-hydrogen) atoms. The number of hydrogen-bond acceptors (Lipinski definition) is 2. The van der Waals surface area contributed by atoms with Crippen molar-refractivity contribution in [1.29, 1.82) is 0 Å². The van der Waals surface area contributed by atoms with Crippen molar-refractivity contribution in [2.45, 2.75) is 39.0 Å². The molecule has 0 amide bonds. The molecule has 2 rings (SSSR count). The zero-order valence-corrected chi connectivity index (χ0v) is 10.4. The van der Waals surface area contributed by atoms with E-state index < -0.39 is 0 Å². The highest BCUT2D eigenvalue weighted by atomic mass is 15.2. The van der Waals surface area contributed by atoms with Crippen LogP contribution in [0.25, 0.3) is 0 Å². The maximum Gasteiger partial charge on any atom is 0.00503 e. The van der Waals surface area contributed by atoms with E-state index in [1.165, 1.54) is 58.3 Å². The van der Waals surface area contributed by atoms with Crippen LogP contribution in [0.4, 0.5) is 0 Å². The van der Waals surface area contributed by atoms with Gasteiger partial charge in [-0.15, -0.1) is 0 Å². The van der Waals surface area contributed by atoms with E-state index in [0.717, 1.165) is 5.92 Å². The monoisotopic (exact) mass is 210 g/mol. The molecule has 1 heterocycles. The molecule has 2 aliphatic rings. The Morgan fingerprint density at radius 1 is 1.33 bits per heavy atom. The molecule has 1 aliphatic heterocycles. The van der Waals surface area contributed by atoms with Crippen LogP contribution in [0.15, 0.2) is 0 Å². The molecule has 2 heteroatoms. The first-order valence-corrected chi connectivity index (χ1v) is 6.61. The van der Waals surface area contributed by atoms with Crippen molar-refractivity contribution < 1.29 is 0 Å².